The molecule has 20 heavy (non-hydrogen) atoms. The average molecular weight is 297 g/mol. The number of para-hydroxylation sites is 1. The monoisotopic (exact) mass is 297 g/mol. The topological polar surface area (TPSA) is 41.6 Å². The van der Waals surface area contributed by atoms with E-state index >= 15 is 0 Å². The molecule has 0 unspecified atom stereocenters. The van der Waals surface area contributed by atoms with Gasteiger partial charge in [0.1, 0.15) is 5.52 Å². The number of fused-ring (bicyclic) bond motifs is 2. The van der Waals surface area contributed by atoms with Crippen molar-refractivity contribution >= 4 is 45.0 Å². The zero-order valence-corrected chi connectivity index (χ0v) is 12.2. The Morgan fingerprint density at radius 2 is 1.95 bits per heavy atom. The molecule has 4 rings (SSSR count). The van der Waals surface area contributed by atoms with Gasteiger partial charge in [-0.05, 0) is 12.1 Å². The van der Waals surface area contributed by atoms with Crippen LogP contribution in [0.5, 0.6) is 0 Å². The van der Waals surface area contributed by atoms with Crippen molar-refractivity contribution in [3.8, 4) is 0 Å². The van der Waals surface area contributed by atoms with E-state index in [1.807, 2.05) is 18.2 Å². The van der Waals surface area contributed by atoms with E-state index in [1.54, 1.807) is 23.1 Å². The van der Waals surface area contributed by atoms with E-state index in [0.717, 1.165) is 33.2 Å². The number of thiophene rings is 1. The van der Waals surface area contributed by atoms with E-state index < -0.39 is 0 Å². The molecule has 98 valence electrons. The quantitative estimate of drug-likeness (QED) is 0.567. The SMILES string of the molecule is c1ccc2nc(CSc3nc4cscc4[nH]3)ccc2c1. The molecule has 0 spiro atoms. The van der Waals surface area contributed by atoms with Gasteiger partial charge in [-0.1, -0.05) is 36.0 Å². The fraction of sp³-hybridized carbons (Fsp3) is 0.0667. The number of nitrogens with one attached hydrogen (secondary N) is 1. The number of imidazole rings is 1. The third-order valence-corrected chi connectivity index (χ3v) is 4.76. The third-order valence-electron chi connectivity index (χ3n) is 3.12. The van der Waals surface area contributed by atoms with Crippen molar-refractivity contribution in [3.05, 3.63) is 52.9 Å². The van der Waals surface area contributed by atoms with Gasteiger partial charge in [0.25, 0.3) is 0 Å². The van der Waals surface area contributed by atoms with Gasteiger partial charge in [-0.15, -0.1) is 11.3 Å². The Morgan fingerprint density at radius 1 is 1.00 bits per heavy atom. The lowest BCUT2D eigenvalue weighted by atomic mass is 10.2. The summed E-state index contributed by atoms with van der Waals surface area (Å²) >= 11 is 3.36. The first-order valence-electron chi connectivity index (χ1n) is 6.28. The van der Waals surface area contributed by atoms with Crippen LogP contribution in [0, 0.1) is 0 Å². The van der Waals surface area contributed by atoms with Crippen molar-refractivity contribution in [2.75, 3.05) is 0 Å². The molecule has 0 atom stereocenters. The molecule has 0 radical (unpaired) electrons. The highest BCUT2D eigenvalue weighted by molar-refractivity contribution is 7.98. The zero-order valence-electron chi connectivity index (χ0n) is 10.5. The first-order chi connectivity index (χ1) is 9.88. The smallest absolute Gasteiger partial charge is 0.166 e. The van der Waals surface area contributed by atoms with Gasteiger partial charge in [0.2, 0.25) is 0 Å². The number of benzene rings is 1. The summed E-state index contributed by atoms with van der Waals surface area (Å²) in [6.07, 6.45) is 0. The van der Waals surface area contributed by atoms with Crippen molar-refractivity contribution in [2.45, 2.75) is 10.9 Å². The number of nitrogens with zero attached hydrogens (tertiary/aromatic N) is 2. The number of H-pyrrole nitrogens is 1. The first kappa shape index (κ1) is 11.9. The lowest BCUT2D eigenvalue weighted by Gasteiger charge is -2.01. The van der Waals surface area contributed by atoms with Gasteiger partial charge < -0.3 is 4.98 Å². The van der Waals surface area contributed by atoms with Crippen LogP contribution < -0.4 is 0 Å². The summed E-state index contributed by atoms with van der Waals surface area (Å²) < 4.78 is 0. The molecule has 0 saturated heterocycles. The van der Waals surface area contributed by atoms with E-state index in [4.69, 9.17) is 0 Å². The van der Waals surface area contributed by atoms with Crippen LogP contribution >= 0.6 is 23.1 Å². The van der Waals surface area contributed by atoms with Crippen LogP contribution in [0.25, 0.3) is 21.9 Å². The van der Waals surface area contributed by atoms with E-state index in [9.17, 15) is 0 Å². The average Bonchev–Trinajstić information content (AvgIpc) is 3.06. The van der Waals surface area contributed by atoms with Crippen molar-refractivity contribution < 1.29 is 0 Å². The Balaban J connectivity index is 1.56. The fourth-order valence-electron chi connectivity index (χ4n) is 2.12. The second kappa shape index (κ2) is 4.92. The van der Waals surface area contributed by atoms with E-state index in [0.29, 0.717) is 0 Å². The molecule has 5 heteroatoms. The van der Waals surface area contributed by atoms with Gasteiger partial charge in [0.05, 0.1) is 16.7 Å². The lowest BCUT2D eigenvalue weighted by Crippen LogP contribution is -1.88. The molecule has 0 saturated carbocycles. The molecule has 0 aliphatic rings. The van der Waals surface area contributed by atoms with Gasteiger partial charge in [-0.2, -0.15) is 0 Å². The molecule has 0 aliphatic heterocycles. The van der Waals surface area contributed by atoms with Crippen LogP contribution in [0.3, 0.4) is 0 Å². The second-order valence-corrected chi connectivity index (χ2v) is 6.20. The molecular formula is C15H11N3S2. The highest BCUT2D eigenvalue weighted by Crippen LogP contribution is 2.25. The molecule has 0 bridgehead atoms. The highest BCUT2D eigenvalue weighted by atomic mass is 32.2. The summed E-state index contributed by atoms with van der Waals surface area (Å²) in [4.78, 5) is 12.5. The maximum absolute atomic E-state index is 4.67. The Bertz CT molecular complexity index is 850. The standard InChI is InChI=1S/C15H11N3S2/c1-2-4-12-10(3-1)5-6-11(16-12)7-20-15-17-13-8-19-9-14(13)18-15/h1-6,8-9H,7H2,(H,17,18). The zero-order chi connectivity index (χ0) is 13.4. The Kier molecular flexibility index (Phi) is 2.94. The van der Waals surface area contributed by atoms with Gasteiger partial charge >= 0.3 is 0 Å². The molecule has 1 N–H and O–H groups in total. The van der Waals surface area contributed by atoms with E-state index in [2.05, 4.69) is 43.9 Å². The predicted molar refractivity (Wildman–Crippen MR) is 85.3 cm³/mol. The van der Waals surface area contributed by atoms with Gasteiger partial charge in [0, 0.05) is 21.9 Å². The summed E-state index contributed by atoms with van der Waals surface area (Å²) in [5.74, 6) is 0.824. The van der Waals surface area contributed by atoms with Crippen LogP contribution in [0.4, 0.5) is 0 Å². The molecule has 3 aromatic heterocycles. The minimum atomic E-state index is 0.824. The highest BCUT2D eigenvalue weighted by Gasteiger charge is 2.05. The minimum absolute atomic E-state index is 0.824. The third kappa shape index (κ3) is 2.19. The molecule has 3 heterocycles. The Hall–Kier alpha value is -1.85. The molecule has 0 amide bonds. The molecule has 3 nitrogen and oxygen atoms in total. The van der Waals surface area contributed by atoms with Crippen LogP contribution in [-0.4, -0.2) is 15.0 Å². The number of hydrogen-bond acceptors (Lipinski definition) is 4. The number of pyridine rings is 1. The summed E-state index contributed by atoms with van der Waals surface area (Å²) in [6, 6.07) is 12.4. The molecular weight excluding hydrogens is 286 g/mol. The van der Waals surface area contributed by atoms with Crippen molar-refractivity contribution in [1.29, 1.82) is 0 Å². The van der Waals surface area contributed by atoms with Crippen molar-refractivity contribution in [1.82, 2.24) is 15.0 Å². The normalized spacial score (nSPS) is 11.4. The van der Waals surface area contributed by atoms with Crippen molar-refractivity contribution in [2.24, 2.45) is 0 Å². The largest absolute Gasteiger partial charge is 0.332 e. The molecule has 0 fully saturated rings. The molecule has 1 aromatic carbocycles. The maximum Gasteiger partial charge on any atom is 0.166 e. The van der Waals surface area contributed by atoms with E-state index in [-0.39, 0.29) is 0 Å². The number of hydrogen-bond donors (Lipinski definition) is 1. The number of aromatic nitrogens is 3. The van der Waals surface area contributed by atoms with Gasteiger partial charge in [-0.25, -0.2) is 4.98 Å². The van der Waals surface area contributed by atoms with Crippen LogP contribution in [-0.2, 0) is 5.75 Å². The van der Waals surface area contributed by atoms with Gasteiger partial charge in [-0.3, -0.25) is 4.98 Å². The summed E-state index contributed by atoms with van der Waals surface area (Å²) in [5, 5.41) is 6.28. The molecule has 4 aromatic rings. The number of rotatable bonds is 3. The Morgan fingerprint density at radius 3 is 2.90 bits per heavy atom. The van der Waals surface area contributed by atoms with E-state index in [1.165, 1.54) is 5.39 Å². The molecule has 0 aliphatic carbocycles. The lowest BCUT2D eigenvalue weighted by molar-refractivity contribution is 1.07. The van der Waals surface area contributed by atoms with Crippen LogP contribution in [0.2, 0.25) is 0 Å². The van der Waals surface area contributed by atoms with Crippen molar-refractivity contribution in [3.63, 3.8) is 0 Å². The Labute approximate surface area is 124 Å². The number of thioether (sulfide) groups is 1. The summed E-state index contributed by atoms with van der Waals surface area (Å²) in [7, 11) is 0. The summed E-state index contributed by atoms with van der Waals surface area (Å²) in [6.45, 7) is 0. The maximum atomic E-state index is 4.67. The summed E-state index contributed by atoms with van der Waals surface area (Å²) in [5.41, 5.74) is 4.28. The van der Waals surface area contributed by atoms with Crippen LogP contribution in [0.1, 0.15) is 5.69 Å². The van der Waals surface area contributed by atoms with Gasteiger partial charge in [0.15, 0.2) is 5.16 Å². The van der Waals surface area contributed by atoms with Crippen LogP contribution in [0.15, 0.2) is 52.3 Å². The fourth-order valence-corrected chi connectivity index (χ4v) is 3.61. The minimum Gasteiger partial charge on any atom is -0.332 e. The second-order valence-electron chi connectivity index (χ2n) is 4.50. The number of aromatic amines is 1. The first-order valence-corrected chi connectivity index (χ1v) is 8.21. The predicted octanol–water partition coefficient (Wildman–Crippen LogP) is 4.46.